The molecule has 9 heteroatoms. The van der Waals surface area contributed by atoms with Gasteiger partial charge in [-0.1, -0.05) is 14.7 Å². The van der Waals surface area contributed by atoms with Gasteiger partial charge in [-0.3, -0.25) is 14.7 Å². The summed E-state index contributed by atoms with van der Waals surface area (Å²) in [5.41, 5.74) is 5.17. The highest BCUT2D eigenvalue weighted by Gasteiger charge is 2.32. The Bertz CT molecular complexity index is 1190. The molecule has 5 heterocycles. The molecule has 0 aromatic carbocycles. The first-order chi connectivity index (χ1) is 16.1. The molecule has 0 bridgehead atoms. The van der Waals surface area contributed by atoms with Gasteiger partial charge in [0, 0.05) is 56.2 Å². The van der Waals surface area contributed by atoms with Crippen molar-refractivity contribution in [1.82, 2.24) is 29.3 Å². The number of carbonyl (C=O) groups excluding carboxylic acids is 1. The van der Waals surface area contributed by atoms with E-state index in [4.69, 9.17) is 15.2 Å². The number of β-amino-alcohol motifs (C(OH)–C–C–N with tert-alkyl or cyclic N) is 1. The van der Waals surface area contributed by atoms with Crippen LogP contribution in [0.3, 0.4) is 0 Å². The molecule has 4 aliphatic rings. The first kappa shape index (κ1) is 21.0. The molecule has 1 aliphatic carbocycles. The number of nitrogens with zero attached hydrogens (tertiary/aromatic N) is 6. The monoisotopic (exact) mass is 464 g/mol. The smallest absolute Gasteiger partial charge is 0.252 e. The van der Waals surface area contributed by atoms with Crippen LogP contribution in [0.5, 0.6) is 0 Å². The van der Waals surface area contributed by atoms with Gasteiger partial charge in [-0.25, -0.2) is 4.52 Å². The van der Waals surface area contributed by atoms with Crippen molar-refractivity contribution in [1.29, 1.82) is 0 Å². The summed E-state index contributed by atoms with van der Waals surface area (Å²) >= 11 is 0. The lowest BCUT2D eigenvalue weighted by molar-refractivity contribution is -0.123. The number of aliphatic hydroxyl groups excluding tert-OH is 1. The molecule has 3 aliphatic heterocycles. The normalized spacial score (nSPS) is 24.4. The fraction of sp³-hybridized carbons (Fsp3) is 0.458. The molecule has 2 aromatic rings. The fourth-order valence-electron chi connectivity index (χ4n) is 4.90. The SMILES string of the molecule is Cc1cn2nc(C3=CC(=O)N4C=C(N5CCN(CCO)CC5)C=CC4P3)cc2c(C2CC2)n1. The van der Waals surface area contributed by atoms with Crippen LogP contribution in [0.25, 0.3) is 10.8 Å². The number of rotatable bonds is 5. The van der Waals surface area contributed by atoms with E-state index in [9.17, 15) is 4.79 Å². The van der Waals surface area contributed by atoms with E-state index in [1.807, 2.05) is 28.7 Å². The van der Waals surface area contributed by atoms with Gasteiger partial charge in [-0.05, 0) is 31.9 Å². The van der Waals surface area contributed by atoms with Crippen LogP contribution in [0.4, 0.5) is 0 Å². The Hall–Kier alpha value is -2.54. The van der Waals surface area contributed by atoms with Crippen LogP contribution in [-0.4, -0.2) is 85.4 Å². The number of carbonyl (C=O) groups is 1. The lowest BCUT2D eigenvalue weighted by atomic mass is 10.2. The van der Waals surface area contributed by atoms with Crippen molar-refractivity contribution in [3.8, 4) is 0 Å². The molecule has 1 N–H and O–H groups in total. The topological polar surface area (TPSA) is 77.2 Å². The molecular formula is C24H29N6O2P. The Balaban J connectivity index is 1.23. The van der Waals surface area contributed by atoms with Crippen molar-refractivity contribution in [3.63, 3.8) is 0 Å². The Morgan fingerprint density at radius 2 is 2.03 bits per heavy atom. The molecule has 2 unspecified atom stereocenters. The van der Waals surface area contributed by atoms with Gasteiger partial charge in [0.25, 0.3) is 5.91 Å². The average Bonchev–Trinajstić information content (AvgIpc) is 3.58. The largest absolute Gasteiger partial charge is 0.395 e. The molecule has 6 rings (SSSR count). The molecule has 1 saturated heterocycles. The molecule has 1 saturated carbocycles. The van der Waals surface area contributed by atoms with Crippen molar-refractivity contribution in [2.45, 2.75) is 31.5 Å². The minimum absolute atomic E-state index is 0.0169. The zero-order valence-electron chi connectivity index (χ0n) is 18.8. The number of aliphatic hydroxyl groups is 1. The molecule has 2 aromatic heterocycles. The quantitative estimate of drug-likeness (QED) is 0.684. The van der Waals surface area contributed by atoms with Crippen LogP contribution in [-0.2, 0) is 4.79 Å². The predicted molar refractivity (Wildman–Crippen MR) is 129 cm³/mol. The van der Waals surface area contributed by atoms with E-state index < -0.39 is 0 Å². The highest BCUT2D eigenvalue weighted by molar-refractivity contribution is 7.51. The number of fused-ring (bicyclic) bond motifs is 2. The number of piperazine rings is 1. The average molecular weight is 465 g/mol. The Kier molecular flexibility index (Phi) is 5.32. The van der Waals surface area contributed by atoms with Crippen molar-refractivity contribution in [2.75, 3.05) is 39.3 Å². The van der Waals surface area contributed by atoms with Gasteiger partial charge in [-0.2, -0.15) is 5.10 Å². The molecule has 33 heavy (non-hydrogen) atoms. The molecule has 2 fully saturated rings. The lowest BCUT2D eigenvalue weighted by Gasteiger charge is -2.39. The van der Waals surface area contributed by atoms with Gasteiger partial charge < -0.3 is 14.9 Å². The zero-order valence-corrected chi connectivity index (χ0v) is 19.8. The second-order valence-corrected chi connectivity index (χ2v) is 10.7. The summed E-state index contributed by atoms with van der Waals surface area (Å²) in [6, 6.07) is 2.11. The van der Waals surface area contributed by atoms with Crippen LogP contribution >= 0.6 is 8.58 Å². The summed E-state index contributed by atoms with van der Waals surface area (Å²) in [7, 11) is 0.453. The summed E-state index contributed by atoms with van der Waals surface area (Å²) in [5, 5.41) is 15.0. The van der Waals surface area contributed by atoms with E-state index in [2.05, 4.69) is 28.0 Å². The van der Waals surface area contributed by atoms with E-state index in [1.54, 1.807) is 6.08 Å². The summed E-state index contributed by atoms with van der Waals surface area (Å²) in [6.45, 7) is 6.62. The Morgan fingerprint density at radius 3 is 2.79 bits per heavy atom. The first-order valence-corrected chi connectivity index (χ1v) is 12.8. The lowest BCUT2D eigenvalue weighted by Crippen LogP contribution is -2.47. The highest BCUT2D eigenvalue weighted by atomic mass is 31.1. The number of allylic oxidation sites excluding steroid dienone is 1. The van der Waals surface area contributed by atoms with Crippen LogP contribution in [0.2, 0.25) is 0 Å². The van der Waals surface area contributed by atoms with Crippen LogP contribution in [0.15, 0.2) is 42.4 Å². The third kappa shape index (κ3) is 4.01. The van der Waals surface area contributed by atoms with Crippen LogP contribution in [0, 0.1) is 6.92 Å². The van der Waals surface area contributed by atoms with Gasteiger partial charge in [0.05, 0.1) is 46.9 Å². The first-order valence-electron chi connectivity index (χ1n) is 11.7. The maximum absolute atomic E-state index is 13.1. The second kappa shape index (κ2) is 8.35. The van der Waals surface area contributed by atoms with E-state index in [1.165, 1.54) is 12.8 Å². The van der Waals surface area contributed by atoms with Crippen molar-refractivity contribution < 1.29 is 9.90 Å². The van der Waals surface area contributed by atoms with Gasteiger partial charge in [0.2, 0.25) is 0 Å². The van der Waals surface area contributed by atoms with E-state index in [0.29, 0.717) is 14.5 Å². The third-order valence-electron chi connectivity index (χ3n) is 6.84. The van der Waals surface area contributed by atoms with Crippen molar-refractivity contribution in [2.24, 2.45) is 0 Å². The summed E-state index contributed by atoms with van der Waals surface area (Å²) in [5.74, 6) is 0.611. The standard InChI is InChI=1S/C24H29N6O2P/c1-16-14-30-20(24(25-16)17-2-3-17)12-19(26-30)21-13-22(32)29-15-18(4-5-23(29)33-21)28-8-6-27(7-9-28)10-11-31/h4-5,12-15,17,23,31,33H,2-3,6-11H2,1H3. The minimum atomic E-state index is 0.0169. The van der Waals surface area contributed by atoms with Crippen molar-refractivity contribution in [3.05, 3.63) is 59.5 Å². The number of aromatic nitrogens is 3. The minimum Gasteiger partial charge on any atom is -0.395 e. The second-order valence-electron chi connectivity index (χ2n) is 9.26. The number of hydrogen-bond acceptors (Lipinski definition) is 6. The number of aryl methyl sites for hydroxylation is 1. The van der Waals surface area contributed by atoms with Gasteiger partial charge in [0.15, 0.2) is 0 Å². The number of hydrogen-bond donors (Lipinski definition) is 1. The molecule has 1 amide bonds. The molecule has 0 spiro atoms. The highest BCUT2D eigenvalue weighted by Crippen LogP contribution is 2.46. The maximum Gasteiger partial charge on any atom is 0.252 e. The summed E-state index contributed by atoms with van der Waals surface area (Å²) < 4.78 is 1.94. The Labute approximate surface area is 195 Å². The van der Waals surface area contributed by atoms with E-state index in [-0.39, 0.29) is 18.3 Å². The molecular weight excluding hydrogens is 435 g/mol. The van der Waals surface area contributed by atoms with Crippen LogP contribution in [0.1, 0.15) is 35.8 Å². The molecule has 8 nitrogen and oxygen atoms in total. The fourth-order valence-corrected chi connectivity index (χ4v) is 6.23. The van der Waals surface area contributed by atoms with Gasteiger partial charge >= 0.3 is 0 Å². The van der Waals surface area contributed by atoms with Gasteiger partial charge in [-0.15, -0.1) is 0 Å². The van der Waals surface area contributed by atoms with E-state index in [0.717, 1.165) is 66.3 Å². The molecule has 2 atom stereocenters. The number of amides is 1. The van der Waals surface area contributed by atoms with Crippen molar-refractivity contribution >= 4 is 25.3 Å². The Morgan fingerprint density at radius 1 is 1.21 bits per heavy atom. The summed E-state index contributed by atoms with van der Waals surface area (Å²) in [4.78, 5) is 24.4. The van der Waals surface area contributed by atoms with Crippen LogP contribution < -0.4 is 0 Å². The third-order valence-corrected chi connectivity index (χ3v) is 8.32. The van der Waals surface area contributed by atoms with Gasteiger partial charge in [0.1, 0.15) is 0 Å². The molecule has 172 valence electrons. The zero-order chi connectivity index (χ0) is 22.5. The van der Waals surface area contributed by atoms with E-state index >= 15 is 0 Å². The summed E-state index contributed by atoms with van der Waals surface area (Å²) in [6.07, 6.45) is 12.5. The molecule has 0 radical (unpaired) electrons. The maximum atomic E-state index is 13.1. The predicted octanol–water partition coefficient (Wildman–Crippen LogP) is 2.12.